The third-order valence-electron chi connectivity index (χ3n) is 3.05. The Hall–Kier alpha value is -1.72. The van der Waals surface area contributed by atoms with Crippen LogP contribution in [0.15, 0.2) is 29.3 Å². The van der Waals surface area contributed by atoms with Crippen LogP contribution in [-0.2, 0) is 19.6 Å². The first kappa shape index (κ1) is 20.6. The predicted octanol–water partition coefficient (Wildman–Crippen LogP) is 3.77. The van der Waals surface area contributed by atoms with E-state index in [0.717, 1.165) is 12.3 Å². The standard InChI is InChI=1S/C14H11ClF3NO5S2/c1-23-11(20)5-7-25-10-3-2-8-9(4-6-19-13(8)12(10)15)24-26(21,22)14(16,17)18/h2-4,6H,5,7H2,1H3. The third kappa shape index (κ3) is 4.51. The average Bonchev–Trinajstić information content (AvgIpc) is 2.56. The molecule has 0 aliphatic carbocycles. The number of aromatic nitrogens is 1. The molecule has 2 rings (SSSR count). The number of hydrogen-bond acceptors (Lipinski definition) is 7. The maximum absolute atomic E-state index is 12.5. The summed E-state index contributed by atoms with van der Waals surface area (Å²) in [6.07, 6.45) is 1.22. The molecule has 6 nitrogen and oxygen atoms in total. The number of pyridine rings is 1. The van der Waals surface area contributed by atoms with Crippen LogP contribution in [0.2, 0.25) is 5.02 Å². The second-order valence-electron chi connectivity index (χ2n) is 4.74. The van der Waals surface area contributed by atoms with Crippen molar-refractivity contribution < 1.29 is 35.3 Å². The van der Waals surface area contributed by atoms with Gasteiger partial charge in [0.2, 0.25) is 0 Å². The fourth-order valence-corrected chi connectivity index (χ4v) is 3.57. The lowest BCUT2D eigenvalue weighted by atomic mass is 10.2. The summed E-state index contributed by atoms with van der Waals surface area (Å²) in [4.78, 5) is 15.6. The van der Waals surface area contributed by atoms with Crippen LogP contribution in [0.25, 0.3) is 10.9 Å². The first-order valence-electron chi connectivity index (χ1n) is 6.84. The van der Waals surface area contributed by atoms with Gasteiger partial charge in [0.25, 0.3) is 0 Å². The van der Waals surface area contributed by atoms with Gasteiger partial charge in [-0.2, -0.15) is 21.6 Å². The highest BCUT2D eigenvalue weighted by Gasteiger charge is 2.48. The molecule has 0 aliphatic rings. The van der Waals surface area contributed by atoms with Gasteiger partial charge in [0.05, 0.1) is 24.1 Å². The van der Waals surface area contributed by atoms with E-state index in [4.69, 9.17) is 11.6 Å². The van der Waals surface area contributed by atoms with Crippen molar-refractivity contribution in [3.05, 3.63) is 29.4 Å². The number of ether oxygens (including phenoxy) is 1. The zero-order valence-electron chi connectivity index (χ0n) is 13.0. The van der Waals surface area contributed by atoms with Crippen LogP contribution in [0.5, 0.6) is 5.75 Å². The Morgan fingerprint density at radius 3 is 2.62 bits per heavy atom. The number of carbonyl (C=O) groups is 1. The van der Waals surface area contributed by atoms with Crippen molar-refractivity contribution in [2.75, 3.05) is 12.9 Å². The van der Waals surface area contributed by atoms with Crippen LogP contribution < -0.4 is 4.18 Å². The fourth-order valence-electron chi connectivity index (χ4n) is 1.84. The molecule has 0 bridgehead atoms. The van der Waals surface area contributed by atoms with Crippen LogP contribution in [0.1, 0.15) is 6.42 Å². The molecule has 12 heteroatoms. The first-order chi connectivity index (χ1) is 12.1. The van der Waals surface area contributed by atoms with Crippen LogP contribution in [0.4, 0.5) is 13.2 Å². The lowest BCUT2D eigenvalue weighted by molar-refractivity contribution is -0.140. The molecule has 0 spiro atoms. The molecule has 1 aromatic carbocycles. The van der Waals surface area contributed by atoms with Gasteiger partial charge < -0.3 is 8.92 Å². The van der Waals surface area contributed by atoms with E-state index in [1.165, 1.54) is 31.0 Å². The van der Waals surface area contributed by atoms with Crippen molar-refractivity contribution in [3.63, 3.8) is 0 Å². The van der Waals surface area contributed by atoms with Gasteiger partial charge in [-0.05, 0) is 12.1 Å². The highest BCUT2D eigenvalue weighted by atomic mass is 35.5. The van der Waals surface area contributed by atoms with Crippen molar-refractivity contribution in [2.24, 2.45) is 0 Å². The molecular formula is C14H11ClF3NO5S2. The Morgan fingerprint density at radius 1 is 1.31 bits per heavy atom. The van der Waals surface area contributed by atoms with E-state index >= 15 is 0 Å². The Morgan fingerprint density at radius 2 is 2.00 bits per heavy atom. The Labute approximate surface area is 155 Å². The molecule has 0 amide bonds. The zero-order chi connectivity index (χ0) is 19.5. The number of fused-ring (bicyclic) bond motifs is 1. The lowest BCUT2D eigenvalue weighted by Gasteiger charge is -2.12. The minimum atomic E-state index is -5.82. The van der Waals surface area contributed by atoms with Crippen LogP contribution in [0.3, 0.4) is 0 Å². The molecule has 0 aliphatic heterocycles. The molecule has 0 fully saturated rings. The summed E-state index contributed by atoms with van der Waals surface area (Å²) in [7, 11) is -4.56. The number of esters is 1. The summed E-state index contributed by atoms with van der Waals surface area (Å²) in [5.41, 5.74) is -5.49. The number of alkyl halides is 3. The van der Waals surface area contributed by atoms with E-state index in [2.05, 4.69) is 13.9 Å². The average molecular weight is 430 g/mol. The molecule has 0 saturated heterocycles. The maximum atomic E-state index is 12.5. The summed E-state index contributed by atoms with van der Waals surface area (Å²) < 4.78 is 68.6. The Kier molecular flexibility index (Phi) is 6.25. The molecular weight excluding hydrogens is 419 g/mol. The topological polar surface area (TPSA) is 82.6 Å². The summed E-state index contributed by atoms with van der Waals surface area (Å²) in [5.74, 6) is -0.586. The number of hydrogen-bond donors (Lipinski definition) is 0. The maximum Gasteiger partial charge on any atom is 0.534 e. The number of benzene rings is 1. The van der Waals surface area contributed by atoms with Gasteiger partial charge in [-0.25, -0.2) is 0 Å². The predicted molar refractivity (Wildman–Crippen MR) is 89.7 cm³/mol. The summed E-state index contributed by atoms with van der Waals surface area (Å²) in [6.45, 7) is 0. The van der Waals surface area contributed by atoms with E-state index in [9.17, 15) is 26.4 Å². The molecule has 0 N–H and O–H groups in total. The number of methoxy groups -OCH3 is 1. The van der Waals surface area contributed by atoms with Crippen molar-refractivity contribution in [1.82, 2.24) is 4.98 Å². The Bertz CT molecular complexity index is 934. The van der Waals surface area contributed by atoms with E-state index in [1.807, 2.05) is 0 Å². The largest absolute Gasteiger partial charge is 0.534 e. The quantitative estimate of drug-likeness (QED) is 0.299. The number of thioether (sulfide) groups is 1. The van der Waals surface area contributed by atoms with E-state index < -0.39 is 27.3 Å². The van der Waals surface area contributed by atoms with Crippen LogP contribution >= 0.6 is 23.4 Å². The third-order valence-corrected chi connectivity index (χ3v) is 5.57. The normalized spacial score (nSPS) is 12.2. The van der Waals surface area contributed by atoms with Crippen molar-refractivity contribution in [1.29, 1.82) is 0 Å². The molecule has 142 valence electrons. The van der Waals surface area contributed by atoms with E-state index in [1.54, 1.807) is 0 Å². The number of halogens is 4. The summed E-state index contributed by atoms with van der Waals surface area (Å²) in [6, 6.07) is 3.81. The van der Waals surface area contributed by atoms with Gasteiger partial charge in [0, 0.05) is 28.3 Å². The molecule has 0 saturated carbocycles. The van der Waals surface area contributed by atoms with E-state index in [-0.39, 0.29) is 22.3 Å². The molecule has 2 aromatic rings. The number of nitrogens with zero attached hydrogens (tertiary/aromatic N) is 1. The monoisotopic (exact) mass is 429 g/mol. The zero-order valence-corrected chi connectivity index (χ0v) is 15.4. The van der Waals surface area contributed by atoms with Gasteiger partial charge in [-0.15, -0.1) is 11.8 Å². The minimum Gasteiger partial charge on any atom is -0.469 e. The highest BCUT2D eigenvalue weighted by molar-refractivity contribution is 7.99. The van der Waals surface area contributed by atoms with Crippen molar-refractivity contribution in [3.8, 4) is 5.75 Å². The summed E-state index contributed by atoms with van der Waals surface area (Å²) in [5, 5.41) is 0.106. The smallest absolute Gasteiger partial charge is 0.469 e. The molecule has 0 radical (unpaired) electrons. The van der Waals surface area contributed by atoms with E-state index in [0.29, 0.717) is 10.6 Å². The van der Waals surface area contributed by atoms with Gasteiger partial charge in [0.15, 0.2) is 5.75 Å². The Balaban J connectivity index is 2.34. The first-order valence-corrected chi connectivity index (χ1v) is 9.61. The lowest BCUT2D eigenvalue weighted by Crippen LogP contribution is -2.28. The molecule has 26 heavy (non-hydrogen) atoms. The SMILES string of the molecule is COC(=O)CCSc1ccc2c(OS(=O)(=O)C(F)(F)F)ccnc2c1Cl. The van der Waals surface area contributed by atoms with Crippen molar-refractivity contribution >= 4 is 50.4 Å². The van der Waals surface area contributed by atoms with Crippen LogP contribution in [0, 0.1) is 0 Å². The fraction of sp³-hybridized carbons (Fsp3) is 0.286. The van der Waals surface area contributed by atoms with Gasteiger partial charge >= 0.3 is 21.6 Å². The van der Waals surface area contributed by atoms with Crippen molar-refractivity contribution in [2.45, 2.75) is 16.8 Å². The van der Waals surface area contributed by atoms with Gasteiger partial charge in [-0.3, -0.25) is 9.78 Å². The van der Waals surface area contributed by atoms with Crippen LogP contribution in [-0.4, -0.2) is 37.7 Å². The number of carbonyl (C=O) groups excluding carboxylic acids is 1. The second-order valence-corrected chi connectivity index (χ2v) is 7.79. The second kappa shape index (κ2) is 7.89. The minimum absolute atomic E-state index is 0.00245. The molecule has 1 aromatic heterocycles. The molecule has 0 atom stereocenters. The van der Waals surface area contributed by atoms with Gasteiger partial charge in [0.1, 0.15) is 0 Å². The van der Waals surface area contributed by atoms with Gasteiger partial charge in [-0.1, -0.05) is 11.6 Å². The summed E-state index contributed by atoms with van der Waals surface area (Å²) >= 11 is 7.41. The molecule has 1 heterocycles. The number of rotatable bonds is 6. The highest BCUT2D eigenvalue weighted by Crippen LogP contribution is 2.37. The molecule has 0 unspecified atom stereocenters.